The molecule has 0 atom stereocenters. The first-order chi connectivity index (χ1) is 13.0. The molecular formula is C18H16N4O3S2. The number of thiophene rings is 1. The van der Waals surface area contributed by atoms with E-state index in [-0.39, 0.29) is 11.5 Å². The Morgan fingerprint density at radius 3 is 2.81 bits per heavy atom. The molecule has 7 nitrogen and oxygen atoms in total. The molecule has 0 saturated carbocycles. The van der Waals surface area contributed by atoms with Crippen LogP contribution in [0.3, 0.4) is 0 Å². The number of nitrogens with zero attached hydrogens (tertiary/aromatic N) is 4. The van der Waals surface area contributed by atoms with E-state index in [9.17, 15) is 4.79 Å². The van der Waals surface area contributed by atoms with Crippen LogP contribution in [0.25, 0.3) is 16.6 Å². The summed E-state index contributed by atoms with van der Waals surface area (Å²) >= 11 is 2.76. The Balaban J connectivity index is 1.49. The van der Waals surface area contributed by atoms with E-state index in [1.165, 1.54) is 23.1 Å². The topological polar surface area (TPSA) is 87.0 Å². The van der Waals surface area contributed by atoms with Crippen molar-refractivity contribution < 1.29 is 13.7 Å². The van der Waals surface area contributed by atoms with E-state index in [1.807, 2.05) is 55.0 Å². The minimum absolute atomic E-state index is 0.00422. The predicted molar refractivity (Wildman–Crippen MR) is 103 cm³/mol. The number of ketones is 1. The first-order valence-electron chi connectivity index (χ1n) is 8.19. The van der Waals surface area contributed by atoms with Crippen molar-refractivity contribution in [2.45, 2.75) is 26.0 Å². The molecular weight excluding hydrogens is 384 g/mol. The summed E-state index contributed by atoms with van der Waals surface area (Å²) in [5.74, 6) is 2.08. The molecule has 4 rings (SSSR count). The maximum Gasteiger partial charge on any atom is 0.277 e. The van der Waals surface area contributed by atoms with Crippen molar-refractivity contribution in [2.24, 2.45) is 0 Å². The number of hydrogen-bond donors (Lipinski definition) is 0. The van der Waals surface area contributed by atoms with Gasteiger partial charge in [-0.05, 0) is 38.3 Å². The van der Waals surface area contributed by atoms with Gasteiger partial charge in [0.05, 0.1) is 10.6 Å². The molecule has 0 spiro atoms. The summed E-state index contributed by atoms with van der Waals surface area (Å²) < 4.78 is 12.7. The van der Waals surface area contributed by atoms with E-state index >= 15 is 0 Å². The minimum atomic E-state index is -0.00422. The third kappa shape index (κ3) is 3.47. The van der Waals surface area contributed by atoms with Gasteiger partial charge in [0, 0.05) is 23.0 Å². The van der Waals surface area contributed by atoms with E-state index in [1.54, 1.807) is 0 Å². The summed E-state index contributed by atoms with van der Waals surface area (Å²) in [6.45, 7) is 5.67. The van der Waals surface area contributed by atoms with E-state index in [0.29, 0.717) is 22.5 Å². The van der Waals surface area contributed by atoms with Crippen molar-refractivity contribution in [3.05, 3.63) is 52.4 Å². The van der Waals surface area contributed by atoms with Crippen LogP contribution in [0.15, 0.2) is 43.8 Å². The Kier molecular flexibility index (Phi) is 4.71. The summed E-state index contributed by atoms with van der Waals surface area (Å²) in [4.78, 5) is 13.6. The highest BCUT2D eigenvalue weighted by Gasteiger charge is 2.19. The van der Waals surface area contributed by atoms with Crippen LogP contribution in [-0.4, -0.2) is 31.5 Å². The Hall–Kier alpha value is -2.65. The fourth-order valence-corrected chi connectivity index (χ4v) is 4.12. The van der Waals surface area contributed by atoms with Crippen molar-refractivity contribution in [2.75, 3.05) is 5.75 Å². The molecule has 0 amide bonds. The highest BCUT2D eigenvalue weighted by atomic mass is 32.2. The van der Waals surface area contributed by atoms with Gasteiger partial charge in [0.25, 0.3) is 11.1 Å². The highest BCUT2D eigenvalue weighted by molar-refractivity contribution is 7.99. The fraction of sp³-hybridized carbons (Fsp3) is 0.222. The lowest BCUT2D eigenvalue weighted by Gasteiger charge is -2.04. The lowest BCUT2D eigenvalue weighted by Crippen LogP contribution is -2.05. The summed E-state index contributed by atoms with van der Waals surface area (Å²) in [6, 6.07) is 7.55. The maximum absolute atomic E-state index is 12.7. The van der Waals surface area contributed by atoms with Crippen LogP contribution in [-0.2, 0) is 0 Å². The molecule has 0 bridgehead atoms. The summed E-state index contributed by atoms with van der Waals surface area (Å²) in [5.41, 5.74) is 2.40. The summed E-state index contributed by atoms with van der Waals surface area (Å²) in [5, 5.41) is 14.4. The molecule has 0 aromatic carbocycles. The second kappa shape index (κ2) is 7.16. The molecule has 0 aliphatic rings. The number of rotatable bonds is 6. The Morgan fingerprint density at radius 1 is 1.26 bits per heavy atom. The Labute approximate surface area is 163 Å². The van der Waals surface area contributed by atoms with Crippen molar-refractivity contribution in [3.8, 4) is 16.6 Å². The van der Waals surface area contributed by atoms with Crippen LogP contribution in [0, 0.1) is 20.8 Å². The molecule has 4 aromatic rings. The van der Waals surface area contributed by atoms with Gasteiger partial charge in [-0.25, -0.2) is 0 Å². The van der Waals surface area contributed by atoms with Gasteiger partial charge in [-0.2, -0.15) is 0 Å². The van der Waals surface area contributed by atoms with Crippen LogP contribution in [0.4, 0.5) is 0 Å². The Morgan fingerprint density at radius 2 is 2.11 bits per heavy atom. The van der Waals surface area contributed by atoms with Gasteiger partial charge in [-0.15, -0.1) is 21.5 Å². The molecule has 0 aliphatic carbocycles. The Bertz CT molecular complexity index is 1090. The van der Waals surface area contributed by atoms with Crippen molar-refractivity contribution in [3.63, 3.8) is 0 Å². The monoisotopic (exact) mass is 400 g/mol. The average molecular weight is 400 g/mol. The molecule has 9 heteroatoms. The lowest BCUT2D eigenvalue weighted by atomic mass is 10.2. The van der Waals surface area contributed by atoms with E-state index < -0.39 is 0 Å². The SMILES string of the molecule is Cc1cc(-n2c(C)cc(C(=O)CSc3nnc(-c4cccs4)o3)c2C)no1. The number of carbonyl (C=O) groups is 1. The van der Waals surface area contributed by atoms with Gasteiger partial charge in [-0.3, -0.25) is 9.36 Å². The van der Waals surface area contributed by atoms with E-state index in [4.69, 9.17) is 8.94 Å². The molecule has 0 radical (unpaired) electrons. The molecule has 0 fully saturated rings. The second-order valence-electron chi connectivity index (χ2n) is 5.98. The van der Waals surface area contributed by atoms with Crippen LogP contribution in [0.5, 0.6) is 0 Å². The lowest BCUT2D eigenvalue weighted by molar-refractivity contribution is 0.102. The molecule has 0 N–H and O–H groups in total. The predicted octanol–water partition coefficient (Wildman–Crippen LogP) is 4.48. The zero-order chi connectivity index (χ0) is 19.0. The van der Waals surface area contributed by atoms with E-state index in [0.717, 1.165) is 22.0 Å². The number of thioether (sulfide) groups is 1. The van der Waals surface area contributed by atoms with Gasteiger partial charge in [-0.1, -0.05) is 23.0 Å². The normalized spacial score (nSPS) is 11.2. The minimum Gasteiger partial charge on any atom is -0.410 e. The standard InChI is InChI=1S/C18H16N4O3S2/c1-10-7-13(12(3)22(10)16-8-11(2)25-21-16)14(23)9-27-18-20-19-17(24-18)15-5-4-6-26-15/h4-8H,9H2,1-3H3. The van der Waals surface area contributed by atoms with Gasteiger partial charge in [0.15, 0.2) is 11.6 Å². The van der Waals surface area contributed by atoms with Gasteiger partial charge in [0.1, 0.15) is 5.76 Å². The van der Waals surface area contributed by atoms with Crippen molar-refractivity contribution in [1.82, 2.24) is 19.9 Å². The largest absolute Gasteiger partial charge is 0.410 e. The van der Waals surface area contributed by atoms with Crippen molar-refractivity contribution >= 4 is 28.9 Å². The molecule has 4 heterocycles. The third-order valence-electron chi connectivity index (χ3n) is 4.04. The number of Topliss-reactive ketones (excluding diaryl/α,β-unsaturated/α-hetero) is 1. The van der Waals surface area contributed by atoms with Crippen LogP contribution in [0.1, 0.15) is 27.5 Å². The zero-order valence-corrected chi connectivity index (χ0v) is 16.6. The first kappa shape index (κ1) is 17.7. The number of carbonyl (C=O) groups excluding carboxylic acids is 1. The van der Waals surface area contributed by atoms with Gasteiger partial charge >= 0.3 is 0 Å². The molecule has 0 saturated heterocycles. The highest BCUT2D eigenvalue weighted by Crippen LogP contribution is 2.28. The zero-order valence-electron chi connectivity index (χ0n) is 14.9. The maximum atomic E-state index is 12.7. The van der Waals surface area contributed by atoms with Gasteiger partial charge in [0.2, 0.25) is 0 Å². The summed E-state index contributed by atoms with van der Waals surface area (Å²) in [7, 11) is 0. The molecule has 0 aliphatic heterocycles. The summed E-state index contributed by atoms with van der Waals surface area (Å²) in [6.07, 6.45) is 0. The third-order valence-corrected chi connectivity index (χ3v) is 5.72. The number of aryl methyl sites for hydroxylation is 2. The van der Waals surface area contributed by atoms with E-state index in [2.05, 4.69) is 15.4 Å². The van der Waals surface area contributed by atoms with Crippen LogP contribution < -0.4 is 0 Å². The first-order valence-corrected chi connectivity index (χ1v) is 10.1. The average Bonchev–Trinajstić information content (AvgIpc) is 3.40. The number of aromatic nitrogens is 4. The second-order valence-corrected chi connectivity index (χ2v) is 7.85. The van der Waals surface area contributed by atoms with Gasteiger partial charge < -0.3 is 8.94 Å². The fourth-order valence-electron chi connectivity index (χ4n) is 2.83. The quantitative estimate of drug-likeness (QED) is 0.348. The molecule has 138 valence electrons. The number of hydrogen-bond acceptors (Lipinski definition) is 8. The molecule has 0 unspecified atom stereocenters. The molecule has 4 aromatic heterocycles. The van der Waals surface area contributed by atoms with Crippen LogP contribution >= 0.6 is 23.1 Å². The smallest absolute Gasteiger partial charge is 0.277 e. The van der Waals surface area contributed by atoms with Crippen LogP contribution in [0.2, 0.25) is 0 Å². The molecule has 27 heavy (non-hydrogen) atoms. The van der Waals surface area contributed by atoms with Crippen molar-refractivity contribution in [1.29, 1.82) is 0 Å².